The maximum atomic E-state index is 11.9. The highest BCUT2D eigenvalue weighted by molar-refractivity contribution is 5.85. The van der Waals surface area contributed by atoms with Gasteiger partial charge >= 0.3 is 0 Å². The second-order valence-corrected chi connectivity index (χ2v) is 4.72. The highest BCUT2D eigenvalue weighted by Gasteiger charge is 2.22. The van der Waals surface area contributed by atoms with Crippen LogP contribution in [-0.2, 0) is 9.59 Å². The number of nitrogens with zero attached hydrogens (tertiary/aromatic N) is 2. The third-order valence-corrected chi connectivity index (χ3v) is 3.39. The summed E-state index contributed by atoms with van der Waals surface area (Å²) < 4.78 is 0. The summed E-state index contributed by atoms with van der Waals surface area (Å²) in [5.41, 5.74) is 5.52. The van der Waals surface area contributed by atoms with Crippen LogP contribution in [0.25, 0.3) is 0 Å². The van der Waals surface area contributed by atoms with Crippen molar-refractivity contribution in [3.05, 3.63) is 0 Å². The lowest BCUT2D eigenvalue weighted by atomic mass is 10.2. The molecule has 1 fully saturated rings. The Balaban J connectivity index is 0.00000289. The van der Waals surface area contributed by atoms with Gasteiger partial charge in [0.15, 0.2) is 0 Å². The van der Waals surface area contributed by atoms with Crippen LogP contribution in [-0.4, -0.2) is 54.3 Å². The molecule has 1 unspecified atom stereocenters. The predicted molar refractivity (Wildman–Crippen MR) is 73.6 cm³/mol. The van der Waals surface area contributed by atoms with Crippen molar-refractivity contribution in [3.63, 3.8) is 0 Å². The van der Waals surface area contributed by atoms with Crippen LogP contribution in [0, 0.1) is 0 Å². The molecule has 2 N–H and O–H groups in total. The highest BCUT2D eigenvalue weighted by Crippen LogP contribution is 2.11. The van der Waals surface area contributed by atoms with Gasteiger partial charge in [0, 0.05) is 32.6 Å². The minimum atomic E-state index is -0.0294. The monoisotopic (exact) mass is 277 g/mol. The molecule has 106 valence electrons. The summed E-state index contributed by atoms with van der Waals surface area (Å²) in [7, 11) is 1.74. The Morgan fingerprint density at radius 2 is 2.11 bits per heavy atom. The number of carbonyl (C=O) groups excluding carboxylic acids is 2. The minimum absolute atomic E-state index is 0. The number of halogens is 1. The number of likely N-dealkylation sites (N-methyl/N-ethyl adjacent to an activating group) is 1. The number of rotatable bonds is 4. The molecule has 0 radical (unpaired) electrons. The molecule has 0 saturated carbocycles. The zero-order chi connectivity index (χ0) is 12.8. The molecule has 6 heteroatoms. The van der Waals surface area contributed by atoms with Crippen molar-refractivity contribution in [2.75, 3.05) is 26.7 Å². The normalized spacial score (nSPS) is 17.7. The lowest BCUT2D eigenvalue weighted by molar-refractivity contribution is -0.140. The summed E-state index contributed by atoms with van der Waals surface area (Å²) in [6.07, 6.45) is 3.59. The van der Waals surface area contributed by atoms with Gasteiger partial charge in [-0.15, -0.1) is 12.4 Å². The van der Waals surface area contributed by atoms with Crippen molar-refractivity contribution in [1.29, 1.82) is 0 Å². The molecular formula is C12H24ClN3O2. The van der Waals surface area contributed by atoms with Gasteiger partial charge in [0.1, 0.15) is 0 Å². The molecule has 5 nitrogen and oxygen atoms in total. The van der Waals surface area contributed by atoms with E-state index in [4.69, 9.17) is 5.73 Å². The quantitative estimate of drug-likeness (QED) is 0.819. The van der Waals surface area contributed by atoms with Crippen molar-refractivity contribution >= 4 is 24.2 Å². The number of carbonyl (C=O) groups is 2. The van der Waals surface area contributed by atoms with Crippen LogP contribution >= 0.6 is 12.4 Å². The first-order valence-corrected chi connectivity index (χ1v) is 6.29. The minimum Gasteiger partial charge on any atom is -0.340 e. The molecule has 0 aromatic rings. The van der Waals surface area contributed by atoms with E-state index in [0.717, 1.165) is 19.3 Å². The smallest absolute Gasteiger partial charge is 0.242 e. The molecule has 0 aromatic carbocycles. The van der Waals surface area contributed by atoms with Crippen LogP contribution in [0.2, 0.25) is 0 Å². The Morgan fingerprint density at radius 1 is 1.44 bits per heavy atom. The highest BCUT2D eigenvalue weighted by atomic mass is 35.5. The van der Waals surface area contributed by atoms with Gasteiger partial charge in [0.25, 0.3) is 0 Å². The van der Waals surface area contributed by atoms with Gasteiger partial charge in [-0.1, -0.05) is 6.42 Å². The van der Waals surface area contributed by atoms with E-state index in [0.29, 0.717) is 19.5 Å². The van der Waals surface area contributed by atoms with Gasteiger partial charge in [0.2, 0.25) is 11.8 Å². The number of nitrogens with two attached hydrogens (primary N) is 1. The zero-order valence-corrected chi connectivity index (χ0v) is 12.0. The average Bonchev–Trinajstić information content (AvgIpc) is 2.53. The third kappa shape index (κ3) is 4.82. The lowest BCUT2D eigenvalue weighted by Crippen LogP contribution is -2.46. The topological polar surface area (TPSA) is 66.6 Å². The van der Waals surface area contributed by atoms with Crippen LogP contribution in [0.15, 0.2) is 0 Å². The molecule has 1 saturated heterocycles. The molecular weight excluding hydrogens is 254 g/mol. The van der Waals surface area contributed by atoms with E-state index in [2.05, 4.69) is 0 Å². The maximum absolute atomic E-state index is 11.9. The fourth-order valence-electron chi connectivity index (χ4n) is 1.88. The summed E-state index contributed by atoms with van der Waals surface area (Å²) >= 11 is 0. The largest absolute Gasteiger partial charge is 0.340 e. The van der Waals surface area contributed by atoms with Crippen molar-refractivity contribution in [2.45, 2.75) is 38.6 Å². The molecule has 0 aliphatic carbocycles. The molecule has 1 heterocycles. The van der Waals surface area contributed by atoms with Gasteiger partial charge < -0.3 is 15.5 Å². The van der Waals surface area contributed by atoms with Gasteiger partial charge in [-0.2, -0.15) is 0 Å². The predicted octanol–water partition coefficient (Wildman–Crippen LogP) is 0.616. The number of hydrogen-bond donors (Lipinski definition) is 1. The number of amides is 2. The first kappa shape index (κ1) is 17.2. The van der Waals surface area contributed by atoms with Crippen LogP contribution in [0.1, 0.15) is 32.6 Å². The summed E-state index contributed by atoms with van der Waals surface area (Å²) in [6, 6.07) is 0.0181. The third-order valence-electron chi connectivity index (χ3n) is 3.39. The van der Waals surface area contributed by atoms with E-state index in [9.17, 15) is 9.59 Å². The fraction of sp³-hybridized carbons (Fsp3) is 0.833. The van der Waals surface area contributed by atoms with Crippen molar-refractivity contribution in [3.8, 4) is 0 Å². The van der Waals surface area contributed by atoms with E-state index in [1.165, 1.54) is 0 Å². The lowest BCUT2D eigenvalue weighted by Gasteiger charge is -2.27. The van der Waals surface area contributed by atoms with Gasteiger partial charge in [0.05, 0.1) is 6.54 Å². The molecule has 0 bridgehead atoms. The molecule has 1 aliphatic rings. The Kier molecular flexibility index (Phi) is 7.95. The van der Waals surface area contributed by atoms with Crippen LogP contribution in [0.4, 0.5) is 0 Å². The number of likely N-dealkylation sites (tertiary alicyclic amines) is 1. The van der Waals surface area contributed by atoms with Gasteiger partial charge in [-0.05, 0) is 19.8 Å². The Morgan fingerprint density at radius 3 is 2.72 bits per heavy atom. The summed E-state index contributed by atoms with van der Waals surface area (Å²) in [6.45, 7) is 3.24. The molecule has 2 amide bonds. The van der Waals surface area contributed by atoms with E-state index >= 15 is 0 Å². The first-order valence-electron chi connectivity index (χ1n) is 6.29. The molecule has 0 spiro atoms. The van der Waals surface area contributed by atoms with Crippen LogP contribution in [0.5, 0.6) is 0 Å². The van der Waals surface area contributed by atoms with Gasteiger partial charge in [-0.3, -0.25) is 9.59 Å². The second-order valence-electron chi connectivity index (χ2n) is 4.72. The van der Waals surface area contributed by atoms with Crippen molar-refractivity contribution < 1.29 is 9.59 Å². The molecule has 18 heavy (non-hydrogen) atoms. The average molecular weight is 278 g/mol. The summed E-state index contributed by atoms with van der Waals surface area (Å²) in [5.74, 6) is 0.0721. The molecule has 0 aromatic heterocycles. The zero-order valence-electron chi connectivity index (χ0n) is 11.2. The van der Waals surface area contributed by atoms with Crippen molar-refractivity contribution in [2.24, 2.45) is 5.73 Å². The summed E-state index contributed by atoms with van der Waals surface area (Å²) in [4.78, 5) is 27.0. The Bertz CT molecular complexity index is 286. The standard InChI is InChI=1S/C12H23N3O2.ClH/c1-10(8-13)14(2)12(17)9-15-7-5-3-4-6-11(15)16;/h10H,3-9,13H2,1-2H3;1H. The maximum Gasteiger partial charge on any atom is 0.242 e. The van der Waals surface area contributed by atoms with Crippen molar-refractivity contribution in [1.82, 2.24) is 9.80 Å². The molecule has 1 rings (SSSR count). The van der Waals surface area contributed by atoms with E-state index in [-0.39, 0.29) is 36.8 Å². The fourth-order valence-corrected chi connectivity index (χ4v) is 1.88. The Labute approximate surface area is 115 Å². The van der Waals surface area contributed by atoms with Crippen LogP contribution < -0.4 is 5.73 Å². The Hall–Kier alpha value is -0.810. The van der Waals surface area contributed by atoms with E-state index in [1.54, 1.807) is 16.8 Å². The summed E-state index contributed by atoms with van der Waals surface area (Å²) in [5, 5.41) is 0. The van der Waals surface area contributed by atoms with E-state index < -0.39 is 0 Å². The number of hydrogen-bond acceptors (Lipinski definition) is 3. The second kappa shape index (κ2) is 8.32. The SMILES string of the molecule is CC(CN)N(C)C(=O)CN1CCCCCC1=O.Cl. The van der Waals surface area contributed by atoms with E-state index in [1.807, 2.05) is 6.92 Å². The molecule has 1 aliphatic heterocycles. The molecule has 1 atom stereocenters. The first-order chi connectivity index (χ1) is 8.06. The van der Waals surface area contributed by atoms with Gasteiger partial charge in [-0.25, -0.2) is 0 Å². The van der Waals surface area contributed by atoms with Crippen LogP contribution in [0.3, 0.4) is 0 Å².